The standard InChI is InChI=1S/C23H24N2O4/c26-21(24-11-14-2-1-9-29-14)12-3-5-13(6-4-12)25-22(27)19-15-7-8-16(18-10-17(15)18)20(19)23(25)28/h3-8,14-20H,1-2,9-11H2,(H,24,26)/t14-,15-,16-,17-,18-,19+,20+/m0/s1. The summed E-state index contributed by atoms with van der Waals surface area (Å²) in [5.74, 6) is 0.934. The van der Waals surface area contributed by atoms with Crippen molar-refractivity contribution in [1.82, 2.24) is 5.32 Å². The number of allylic oxidation sites excluding steroid dienone is 2. The predicted molar refractivity (Wildman–Crippen MR) is 105 cm³/mol. The van der Waals surface area contributed by atoms with E-state index in [9.17, 15) is 14.4 Å². The molecule has 7 rings (SSSR count). The van der Waals surface area contributed by atoms with Crippen LogP contribution in [-0.4, -0.2) is 37.0 Å². The number of hydrogen-bond donors (Lipinski definition) is 1. The molecule has 6 heteroatoms. The van der Waals surface area contributed by atoms with Gasteiger partial charge < -0.3 is 10.1 Å². The number of ether oxygens (including phenoxy) is 1. The second-order valence-electron chi connectivity index (χ2n) is 9.06. The molecule has 0 unspecified atom stereocenters. The first-order chi connectivity index (χ1) is 14.1. The van der Waals surface area contributed by atoms with Crippen molar-refractivity contribution in [2.75, 3.05) is 18.1 Å². The lowest BCUT2D eigenvalue weighted by Crippen LogP contribution is -2.40. The minimum atomic E-state index is -0.198. The molecule has 2 bridgehead atoms. The van der Waals surface area contributed by atoms with Gasteiger partial charge in [0.05, 0.1) is 23.6 Å². The van der Waals surface area contributed by atoms with E-state index < -0.39 is 0 Å². The maximum atomic E-state index is 13.2. The van der Waals surface area contributed by atoms with Gasteiger partial charge in [-0.2, -0.15) is 0 Å². The Labute approximate surface area is 169 Å². The van der Waals surface area contributed by atoms with Crippen LogP contribution in [0.3, 0.4) is 0 Å². The van der Waals surface area contributed by atoms with E-state index in [4.69, 9.17) is 4.74 Å². The minimum Gasteiger partial charge on any atom is -0.376 e. The maximum absolute atomic E-state index is 13.2. The van der Waals surface area contributed by atoms with Crippen LogP contribution in [0.25, 0.3) is 0 Å². The molecular weight excluding hydrogens is 368 g/mol. The van der Waals surface area contributed by atoms with Crippen LogP contribution in [0.2, 0.25) is 0 Å². The van der Waals surface area contributed by atoms with Crippen molar-refractivity contribution in [1.29, 1.82) is 0 Å². The quantitative estimate of drug-likeness (QED) is 0.629. The number of rotatable bonds is 4. The van der Waals surface area contributed by atoms with Crippen LogP contribution >= 0.6 is 0 Å². The van der Waals surface area contributed by atoms with E-state index in [0.717, 1.165) is 25.9 Å². The average Bonchev–Trinajstić information content (AvgIpc) is 3.33. The third-order valence-electron chi connectivity index (χ3n) is 7.56. The highest BCUT2D eigenvalue weighted by atomic mass is 16.5. The third kappa shape index (κ3) is 2.54. The van der Waals surface area contributed by atoms with E-state index in [1.807, 2.05) is 0 Å². The molecule has 1 N–H and O–H groups in total. The van der Waals surface area contributed by atoms with Crippen molar-refractivity contribution in [3.05, 3.63) is 42.0 Å². The highest BCUT2D eigenvalue weighted by molar-refractivity contribution is 6.22. The number of imide groups is 1. The summed E-state index contributed by atoms with van der Waals surface area (Å²) in [7, 11) is 0. The van der Waals surface area contributed by atoms with Crippen molar-refractivity contribution >= 4 is 23.4 Å². The normalized spacial score (nSPS) is 38.9. The summed E-state index contributed by atoms with van der Waals surface area (Å²) in [6.45, 7) is 1.26. The molecule has 1 aromatic rings. The van der Waals surface area contributed by atoms with E-state index in [1.54, 1.807) is 24.3 Å². The smallest absolute Gasteiger partial charge is 0.251 e. The molecule has 29 heavy (non-hydrogen) atoms. The minimum absolute atomic E-state index is 0.0692. The van der Waals surface area contributed by atoms with Crippen LogP contribution in [-0.2, 0) is 14.3 Å². The molecular formula is C23H24N2O4. The second-order valence-corrected chi connectivity index (χ2v) is 9.06. The van der Waals surface area contributed by atoms with Gasteiger partial charge >= 0.3 is 0 Å². The molecule has 0 aromatic heterocycles. The number of benzene rings is 1. The van der Waals surface area contributed by atoms with Crippen LogP contribution < -0.4 is 10.2 Å². The Hall–Kier alpha value is -2.47. The van der Waals surface area contributed by atoms with Gasteiger partial charge in [0, 0.05) is 18.7 Å². The zero-order valence-electron chi connectivity index (χ0n) is 16.1. The van der Waals surface area contributed by atoms with E-state index in [2.05, 4.69) is 17.5 Å². The first-order valence-corrected chi connectivity index (χ1v) is 10.7. The van der Waals surface area contributed by atoms with Gasteiger partial charge in [0.15, 0.2) is 0 Å². The molecule has 6 aliphatic rings. The van der Waals surface area contributed by atoms with E-state index in [-0.39, 0.29) is 47.5 Å². The molecule has 2 aliphatic heterocycles. The second kappa shape index (κ2) is 6.26. The van der Waals surface area contributed by atoms with Crippen molar-refractivity contribution in [2.24, 2.45) is 35.5 Å². The SMILES string of the molecule is O=C(NC[C@@H]1CCCO1)c1ccc(N2C(=O)[C@@H]3[C@H]4C=C[C@@H]([C@@H]5C[C@@H]45)[C@H]3C2=O)cc1. The van der Waals surface area contributed by atoms with Gasteiger partial charge in [-0.1, -0.05) is 12.2 Å². The fourth-order valence-electron chi connectivity index (χ4n) is 6.09. The maximum Gasteiger partial charge on any atom is 0.251 e. The average molecular weight is 392 g/mol. The molecule has 2 saturated carbocycles. The summed E-state index contributed by atoms with van der Waals surface area (Å²) in [5.41, 5.74) is 1.09. The summed E-state index contributed by atoms with van der Waals surface area (Å²) in [4.78, 5) is 40.0. The summed E-state index contributed by atoms with van der Waals surface area (Å²) in [6, 6.07) is 6.80. The molecule has 0 spiro atoms. The van der Waals surface area contributed by atoms with Crippen molar-refractivity contribution in [3.8, 4) is 0 Å². The molecule has 0 radical (unpaired) electrons. The zero-order valence-corrected chi connectivity index (χ0v) is 16.1. The highest BCUT2D eigenvalue weighted by Gasteiger charge is 2.67. The molecule has 4 fully saturated rings. The molecule has 6 nitrogen and oxygen atoms in total. The predicted octanol–water partition coefficient (Wildman–Crippen LogP) is 2.15. The van der Waals surface area contributed by atoms with E-state index in [1.165, 1.54) is 4.90 Å². The van der Waals surface area contributed by atoms with Crippen LogP contribution in [0.4, 0.5) is 5.69 Å². The van der Waals surface area contributed by atoms with Crippen molar-refractivity contribution in [2.45, 2.75) is 25.4 Å². The Bertz CT molecular complexity index is 881. The number of carbonyl (C=O) groups excluding carboxylic acids is 3. The number of carbonyl (C=O) groups is 3. The Morgan fingerprint density at radius 2 is 1.69 bits per heavy atom. The molecule has 1 aromatic carbocycles. The zero-order chi connectivity index (χ0) is 19.7. The number of hydrogen-bond acceptors (Lipinski definition) is 4. The van der Waals surface area contributed by atoms with Crippen molar-refractivity contribution in [3.63, 3.8) is 0 Å². The van der Waals surface area contributed by atoms with Gasteiger partial charge in [0.25, 0.3) is 5.91 Å². The Morgan fingerprint density at radius 1 is 1.03 bits per heavy atom. The Balaban J connectivity index is 1.18. The lowest BCUT2D eigenvalue weighted by Gasteiger charge is -2.37. The van der Waals surface area contributed by atoms with Crippen LogP contribution in [0.1, 0.15) is 29.6 Å². The monoisotopic (exact) mass is 392 g/mol. The van der Waals surface area contributed by atoms with Gasteiger partial charge in [-0.05, 0) is 67.2 Å². The molecule has 7 atom stereocenters. The molecule has 4 aliphatic carbocycles. The largest absolute Gasteiger partial charge is 0.376 e. The van der Waals surface area contributed by atoms with Gasteiger partial charge in [-0.3, -0.25) is 19.3 Å². The van der Waals surface area contributed by atoms with Gasteiger partial charge in [-0.15, -0.1) is 0 Å². The lowest BCUT2D eigenvalue weighted by molar-refractivity contribution is -0.124. The third-order valence-corrected chi connectivity index (χ3v) is 7.56. The van der Waals surface area contributed by atoms with E-state index >= 15 is 0 Å². The fourth-order valence-corrected chi connectivity index (χ4v) is 6.09. The molecule has 150 valence electrons. The molecule has 2 saturated heterocycles. The first kappa shape index (κ1) is 17.4. The van der Waals surface area contributed by atoms with Crippen LogP contribution in [0, 0.1) is 35.5 Å². The van der Waals surface area contributed by atoms with Gasteiger partial charge in [-0.25, -0.2) is 0 Å². The number of amides is 3. The molecule has 2 heterocycles. The Kier molecular flexibility index (Phi) is 3.76. The van der Waals surface area contributed by atoms with E-state index in [0.29, 0.717) is 29.6 Å². The van der Waals surface area contributed by atoms with Crippen molar-refractivity contribution < 1.29 is 19.1 Å². The summed E-state index contributed by atoms with van der Waals surface area (Å²) < 4.78 is 5.53. The van der Waals surface area contributed by atoms with Gasteiger partial charge in [0.1, 0.15) is 0 Å². The van der Waals surface area contributed by atoms with Crippen LogP contribution in [0.15, 0.2) is 36.4 Å². The summed E-state index contributed by atoms with van der Waals surface area (Å²) in [5, 5.41) is 2.90. The topological polar surface area (TPSA) is 75.7 Å². The Morgan fingerprint density at radius 3 is 2.28 bits per heavy atom. The summed E-state index contributed by atoms with van der Waals surface area (Å²) in [6.07, 6.45) is 7.61. The summed E-state index contributed by atoms with van der Waals surface area (Å²) >= 11 is 0. The molecule has 3 amide bonds. The van der Waals surface area contributed by atoms with Crippen LogP contribution in [0.5, 0.6) is 0 Å². The number of nitrogens with one attached hydrogen (secondary N) is 1. The number of nitrogens with zero attached hydrogens (tertiary/aromatic N) is 1. The highest BCUT2D eigenvalue weighted by Crippen LogP contribution is 2.65. The fraction of sp³-hybridized carbons (Fsp3) is 0.522. The first-order valence-electron chi connectivity index (χ1n) is 10.7. The van der Waals surface area contributed by atoms with Gasteiger partial charge in [0.2, 0.25) is 11.8 Å². The lowest BCUT2D eigenvalue weighted by atomic mass is 9.63. The number of anilines is 1.